The highest BCUT2D eigenvalue weighted by Gasteiger charge is 2.52. The molecule has 2 aliphatic rings. The molecule has 0 aliphatic carbocycles. The Labute approximate surface area is 220 Å². The number of amidine groups is 1. The molecule has 0 bridgehead atoms. The lowest BCUT2D eigenvalue weighted by Crippen LogP contribution is -2.56. The molecule has 5 atom stereocenters. The van der Waals surface area contributed by atoms with Gasteiger partial charge in [-0.25, -0.2) is 9.18 Å². The first-order chi connectivity index (χ1) is 16.6. The Morgan fingerprint density at radius 2 is 1.81 bits per heavy atom. The minimum Gasteiger partial charge on any atom is -0.443 e. The van der Waals surface area contributed by atoms with Crippen LogP contribution in [-0.2, 0) is 25.2 Å². The predicted molar refractivity (Wildman–Crippen MR) is 145 cm³/mol. The zero-order valence-corrected chi connectivity index (χ0v) is 24.7. The number of rotatable bonds is 6. The van der Waals surface area contributed by atoms with E-state index in [9.17, 15) is 4.79 Å². The lowest BCUT2D eigenvalue weighted by molar-refractivity contribution is -0.169. The molecule has 0 spiro atoms. The number of thioether (sulfide) groups is 1. The normalized spacial score (nSPS) is 26.8. The van der Waals surface area contributed by atoms with Gasteiger partial charge in [0.2, 0.25) is 0 Å². The number of hydrogen-bond donors (Lipinski definition) is 0. The summed E-state index contributed by atoms with van der Waals surface area (Å²) in [4.78, 5) is 18.4. The average Bonchev–Trinajstić information content (AvgIpc) is 3.20. The number of amides is 1. The van der Waals surface area contributed by atoms with Gasteiger partial charge in [-0.05, 0) is 44.5 Å². The van der Waals surface area contributed by atoms with Crippen molar-refractivity contribution in [3.8, 4) is 0 Å². The van der Waals surface area contributed by atoms with Crippen LogP contribution in [0.1, 0.15) is 47.1 Å². The fraction of sp³-hybridized carbons (Fsp3) is 0.692. The molecule has 1 saturated heterocycles. The van der Waals surface area contributed by atoms with Crippen molar-refractivity contribution < 1.29 is 27.8 Å². The van der Waals surface area contributed by atoms with Gasteiger partial charge in [0, 0.05) is 7.05 Å². The fourth-order valence-corrected chi connectivity index (χ4v) is 5.74. The van der Waals surface area contributed by atoms with Gasteiger partial charge in [-0.15, -0.1) is 0 Å². The smallest absolute Gasteiger partial charge is 0.416 e. The van der Waals surface area contributed by atoms with E-state index in [1.807, 2.05) is 30.3 Å². The van der Waals surface area contributed by atoms with Gasteiger partial charge in [0.25, 0.3) is 0 Å². The molecule has 10 heteroatoms. The van der Waals surface area contributed by atoms with Crippen LogP contribution in [0.2, 0.25) is 18.1 Å². The Hall–Kier alpha value is -1.46. The van der Waals surface area contributed by atoms with E-state index in [0.717, 1.165) is 5.56 Å². The lowest BCUT2D eigenvalue weighted by Gasteiger charge is -2.42. The van der Waals surface area contributed by atoms with Crippen LogP contribution in [0, 0.1) is 0 Å². The molecule has 1 fully saturated rings. The Bertz CT molecular complexity index is 935. The van der Waals surface area contributed by atoms with Crippen molar-refractivity contribution in [1.29, 1.82) is 0 Å². The van der Waals surface area contributed by atoms with E-state index in [-0.39, 0.29) is 18.3 Å². The molecule has 2 aliphatic heterocycles. The summed E-state index contributed by atoms with van der Waals surface area (Å²) in [6.07, 6.45) is -3.42. The molecular formula is C26H41FN2O5SSi. The molecule has 1 aromatic rings. The van der Waals surface area contributed by atoms with Gasteiger partial charge in [-0.3, -0.25) is 9.89 Å². The minimum absolute atomic E-state index is 0.00816. The predicted octanol–water partition coefficient (Wildman–Crippen LogP) is 5.99. The van der Waals surface area contributed by atoms with Crippen LogP contribution < -0.4 is 0 Å². The highest BCUT2D eigenvalue weighted by atomic mass is 32.2. The highest BCUT2D eigenvalue weighted by molar-refractivity contribution is 8.14. The molecular weight excluding hydrogens is 499 g/mol. The van der Waals surface area contributed by atoms with Crippen LogP contribution in [0.4, 0.5) is 9.18 Å². The number of carbonyl (C=O) groups excluding carboxylic acids is 1. The first-order valence-electron chi connectivity index (χ1n) is 12.4. The standard InChI is InChI=1S/C26H41FN2O5SSi/c1-25(2,3)34-24(30)29(7)23-28-20-19(27)21(31-15-17-13-11-10-12-14-17)18(33-22(20)35-23)16-32-36(8,9)26(4,5)6/h10-14,18-22H,15-16H2,1-9H3/t18-,19+,20-,21-,22-/m1/s1. The second-order valence-corrected chi connectivity index (χ2v) is 17.8. The summed E-state index contributed by atoms with van der Waals surface area (Å²) in [6.45, 7) is 16.7. The van der Waals surface area contributed by atoms with Gasteiger partial charge < -0.3 is 18.6 Å². The van der Waals surface area contributed by atoms with Gasteiger partial charge >= 0.3 is 6.09 Å². The quantitative estimate of drug-likeness (QED) is 0.413. The summed E-state index contributed by atoms with van der Waals surface area (Å²) in [5, 5.41) is 0.378. The molecule has 1 amide bonds. The van der Waals surface area contributed by atoms with E-state index >= 15 is 4.39 Å². The number of fused-ring (bicyclic) bond motifs is 1. The largest absolute Gasteiger partial charge is 0.443 e. The summed E-state index contributed by atoms with van der Waals surface area (Å²) in [7, 11) is -0.518. The topological polar surface area (TPSA) is 69.6 Å². The molecule has 7 nitrogen and oxygen atoms in total. The molecule has 0 aromatic heterocycles. The van der Waals surface area contributed by atoms with Gasteiger partial charge in [0.15, 0.2) is 19.7 Å². The van der Waals surface area contributed by atoms with E-state index in [1.165, 1.54) is 16.7 Å². The Morgan fingerprint density at radius 1 is 1.17 bits per heavy atom. The van der Waals surface area contributed by atoms with Crippen LogP contribution in [0.15, 0.2) is 35.3 Å². The van der Waals surface area contributed by atoms with Crippen molar-refractivity contribution in [3.63, 3.8) is 0 Å². The number of ether oxygens (including phenoxy) is 3. The first-order valence-corrected chi connectivity index (χ1v) is 16.2. The number of benzene rings is 1. The molecule has 202 valence electrons. The maximum Gasteiger partial charge on any atom is 0.416 e. The summed E-state index contributed by atoms with van der Waals surface area (Å²) in [6, 6.07) is 8.87. The number of carbonyl (C=O) groups is 1. The summed E-state index contributed by atoms with van der Waals surface area (Å²) in [5.41, 5.74) is -0.279. The second-order valence-electron chi connectivity index (χ2n) is 11.9. The number of aliphatic imine (C=N–C) groups is 1. The van der Waals surface area contributed by atoms with Crippen molar-refractivity contribution in [1.82, 2.24) is 4.90 Å². The molecule has 1 aromatic carbocycles. The SMILES string of the molecule is CN(C(=O)OC(C)(C)C)C1=N[C@@H]2[C@H](F)[C@H](OCc3ccccc3)[C@@H](CO[Si](C)(C)C(C)(C)C)O[C@@H]2S1. The van der Waals surface area contributed by atoms with Crippen molar-refractivity contribution in [3.05, 3.63) is 35.9 Å². The van der Waals surface area contributed by atoms with Gasteiger partial charge in [-0.2, -0.15) is 0 Å². The zero-order valence-electron chi connectivity index (χ0n) is 22.9. The number of alkyl halides is 1. The summed E-state index contributed by atoms with van der Waals surface area (Å²) in [5.74, 6) is 0. The van der Waals surface area contributed by atoms with E-state index < -0.39 is 49.9 Å². The van der Waals surface area contributed by atoms with E-state index in [2.05, 4.69) is 38.9 Å². The third-order valence-corrected chi connectivity index (χ3v) is 12.4. The summed E-state index contributed by atoms with van der Waals surface area (Å²) < 4.78 is 40.3. The van der Waals surface area contributed by atoms with Gasteiger partial charge in [-0.1, -0.05) is 62.9 Å². The number of hydrogen-bond acceptors (Lipinski definition) is 7. The zero-order chi connectivity index (χ0) is 26.9. The Balaban J connectivity index is 1.78. The first kappa shape index (κ1) is 29.1. The number of nitrogens with zero attached hydrogens (tertiary/aromatic N) is 2. The fourth-order valence-electron chi connectivity index (χ4n) is 3.55. The third-order valence-electron chi connectivity index (χ3n) is 6.73. The maximum absolute atomic E-state index is 16.0. The van der Waals surface area contributed by atoms with Crippen LogP contribution in [0.25, 0.3) is 0 Å². The molecule has 3 rings (SSSR count). The monoisotopic (exact) mass is 540 g/mol. The molecule has 0 N–H and O–H groups in total. The molecule has 0 unspecified atom stereocenters. The van der Waals surface area contributed by atoms with E-state index in [1.54, 1.807) is 27.8 Å². The van der Waals surface area contributed by atoms with Gasteiger partial charge in [0.05, 0.1) is 13.2 Å². The molecule has 36 heavy (non-hydrogen) atoms. The molecule has 0 saturated carbocycles. The third kappa shape index (κ3) is 7.09. The van der Waals surface area contributed by atoms with Crippen molar-refractivity contribution in [2.45, 2.75) is 102 Å². The van der Waals surface area contributed by atoms with Crippen molar-refractivity contribution in [2.75, 3.05) is 13.7 Å². The van der Waals surface area contributed by atoms with Crippen LogP contribution in [-0.4, -0.2) is 73.6 Å². The van der Waals surface area contributed by atoms with Crippen LogP contribution in [0.5, 0.6) is 0 Å². The van der Waals surface area contributed by atoms with Gasteiger partial charge in [0.1, 0.15) is 29.3 Å². The highest BCUT2D eigenvalue weighted by Crippen LogP contribution is 2.41. The lowest BCUT2D eigenvalue weighted by atomic mass is 9.99. The van der Waals surface area contributed by atoms with E-state index in [4.69, 9.17) is 18.6 Å². The van der Waals surface area contributed by atoms with Crippen molar-refractivity contribution in [2.24, 2.45) is 4.99 Å². The van der Waals surface area contributed by atoms with Crippen LogP contribution >= 0.6 is 11.8 Å². The summed E-state index contributed by atoms with van der Waals surface area (Å²) >= 11 is 1.23. The second kappa shape index (κ2) is 11.1. The van der Waals surface area contributed by atoms with E-state index in [0.29, 0.717) is 5.17 Å². The number of halogens is 1. The average molecular weight is 541 g/mol. The molecule has 2 heterocycles. The minimum atomic E-state index is -2.09. The van der Waals surface area contributed by atoms with Crippen LogP contribution in [0.3, 0.4) is 0 Å². The Morgan fingerprint density at radius 3 is 2.39 bits per heavy atom. The molecule has 0 radical (unpaired) electrons. The maximum atomic E-state index is 16.0. The Kier molecular flexibility index (Phi) is 8.98. The van der Waals surface area contributed by atoms with Crippen molar-refractivity contribution >= 4 is 31.3 Å².